The summed E-state index contributed by atoms with van der Waals surface area (Å²) in [6.07, 6.45) is 0.0500. The fourth-order valence-corrected chi connectivity index (χ4v) is 2.90. The van der Waals surface area contributed by atoms with Gasteiger partial charge in [0.1, 0.15) is 5.41 Å². The van der Waals surface area contributed by atoms with Crippen molar-refractivity contribution in [2.24, 2.45) is 11.3 Å². The highest BCUT2D eigenvalue weighted by Crippen LogP contribution is 2.72. The normalized spacial score (nSPS) is 58.8. The summed E-state index contributed by atoms with van der Waals surface area (Å²) >= 11 is 0. The zero-order chi connectivity index (χ0) is 8.51. The van der Waals surface area contributed by atoms with Crippen LogP contribution in [0.25, 0.3) is 0 Å². The molecule has 4 aliphatic rings. The molecule has 12 heavy (non-hydrogen) atoms. The number of hydrogen-bond acceptors (Lipinski definition) is 4. The van der Waals surface area contributed by atoms with Gasteiger partial charge in [0.15, 0.2) is 0 Å². The molecule has 0 aromatic rings. The first-order valence-corrected chi connectivity index (χ1v) is 4.14. The van der Waals surface area contributed by atoms with Gasteiger partial charge in [-0.3, -0.25) is 4.79 Å². The molecule has 2 saturated carbocycles. The minimum Gasteiger partial charge on any atom is -0.469 e. The lowest BCUT2D eigenvalue weighted by molar-refractivity contribution is -0.147. The zero-order valence-corrected chi connectivity index (χ0v) is 6.69. The summed E-state index contributed by atoms with van der Waals surface area (Å²) in [5.74, 6) is -0.188. The molecule has 4 heteroatoms. The van der Waals surface area contributed by atoms with Gasteiger partial charge in [0.2, 0.25) is 0 Å². The van der Waals surface area contributed by atoms with Gasteiger partial charge in [-0.05, 0) is 6.42 Å². The molecule has 0 aromatic carbocycles. The van der Waals surface area contributed by atoms with Gasteiger partial charge in [-0.25, -0.2) is 0 Å². The summed E-state index contributed by atoms with van der Waals surface area (Å²) in [5, 5.41) is 9.53. The van der Waals surface area contributed by atoms with Crippen LogP contribution in [0.15, 0.2) is 0 Å². The number of aliphatic hydroxyl groups excluding tert-OH is 1. The van der Waals surface area contributed by atoms with Crippen LogP contribution in [0.1, 0.15) is 6.42 Å². The van der Waals surface area contributed by atoms with Crippen molar-refractivity contribution < 1.29 is 19.4 Å². The molecule has 0 unspecified atom stereocenters. The van der Waals surface area contributed by atoms with E-state index < -0.39 is 11.5 Å². The Morgan fingerprint density at radius 1 is 1.75 bits per heavy atom. The minimum absolute atomic E-state index is 0.0231. The molecule has 2 aliphatic heterocycles. The Bertz CT molecular complexity index is 264. The maximum atomic E-state index is 11.3. The van der Waals surface area contributed by atoms with E-state index >= 15 is 0 Å². The van der Waals surface area contributed by atoms with Crippen LogP contribution >= 0.6 is 0 Å². The zero-order valence-electron chi connectivity index (χ0n) is 6.69. The fraction of sp³-hybridized carbons (Fsp3) is 0.875. The van der Waals surface area contributed by atoms with Crippen LogP contribution in [0, 0.1) is 11.3 Å². The lowest BCUT2D eigenvalue weighted by Gasteiger charge is -2.05. The van der Waals surface area contributed by atoms with E-state index in [2.05, 4.69) is 0 Å². The van der Waals surface area contributed by atoms with E-state index in [1.165, 1.54) is 7.11 Å². The Kier molecular flexibility index (Phi) is 0.957. The van der Waals surface area contributed by atoms with Crippen molar-refractivity contribution in [3.8, 4) is 0 Å². The number of esters is 1. The summed E-state index contributed by atoms with van der Waals surface area (Å²) < 4.78 is 10.1. The average molecular weight is 170 g/mol. The first-order chi connectivity index (χ1) is 5.71. The number of carbonyl (C=O) groups is 1. The van der Waals surface area contributed by atoms with Crippen molar-refractivity contribution >= 4 is 5.97 Å². The van der Waals surface area contributed by atoms with Crippen LogP contribution in [0.5, 0.6) is 0 Å². The van der Waals surface area contributed by atoms with E-state index in [-0.39, 0.29) is 24.1 Å². The number of hydrogen-bond donors (Lipinski definition) is 1. The second kappa shape index (κ2) is 1.67. The lowest BCUT2D eigenvalue weighted by Crippen LogP contribution is -2.19. The van der Waals surface area contributed by atoms with Gasteiger partial charge in [-0.2, -0.15) is 0 Å². The lowest BCUT2D eigenvalue weighted by atomic mass is 10.1. The predicted octanol–water partition coefficient (Wildman–Crippen LogP) is -0.692. The molecule has 4 fully saturated rings. The predicted molar refractivity (Wildman–Crippen MR) is 37.2 cm³/mol. The Labute approximate surface area is 69.5 Å². The van der Waals surface area contributed by atoms with Gasteiger partial charge < -0.3 is 14.6 Å². The SMILES string of the molecule is COC(=O)[C@]12C[C@@H]3O[C@H]1[C@H]2[C@H]3O. The van der Waals surface area contributed by atoms with E-state index in [1.54, 1.807) is 0 Å². The highest BCUT2D eigenvalue weighted by molar-refractivity contribution is 5.84. The largest absolute Gasteiger partial charge is 0.469 e. The van der Waals surface area contributed by atoms with Crippen molar-refractivity contribution in [1.82, 2.24) is 0 Å². The summed E-state index contributed by atoms with van der Waals surface area (Å²) in [4.78, 5) is 11.3. The second-order valence-corrected chi connectivity index (χ2v) is 3.85. The topological polar surface area (TPSA) is 55.8 Å². The third kappa shape index (κ3) is 0.448. The third-order valence-corrected chi connectivity index (χ3v) is 3.49. The van der Waals surface area contributed by atoms with Crippen LogP contribution in [0.2, 0.25) is 0 Å². The smallest absolute Gasteiger partial charge is 0.315 e. The second-order valence-electron chi connectivity index (χ2n) is 3.85. The van der Waals surface area contributed by atoms with Gasteiger partial charge in [0.05, 0.1) is 25.4 Å². The van der Waals surface area contributed by atoms with Gasteiger partial charge in [0, 0.05) is 5.92 Å². The molecule has 4 bridgehead atoms. The van der Waals surface area contributed by atoms with Crippen LogP contribution in [0.3, 0.4) is 0 Å². The molecule has 2 saturated heterocycles. The average Bonchev–Trinajstić information content (AvgIpc) is 2.44. The first kappa shape index (κ1) is 6.86. The summed E-state index contributed by atoms with van der Waals surface area (Å²) in [6.45, 7) is 0. The maximum Gasteiger partial charge on any atom is 0.315 e. The fourth-order valence-electron chi connectivity index (χ4n) is 2.90. The standard InChI is InChI=1S/C8H10O4/c1-11-7(10)8-2-3-5(9)4(8)6(8)12-3/h3-6,9H,2H2,1H3/t3-,4+,5-,6-,8-/m0/s1. The Morgan fingerprint density at radius 3 is 2.83 bits per heavy atom. The van der Waals surface area contributed by atoms with Crippen LogP contribution in [0.4, 0.5) is 0 Å². The molecule has 66 valence electrons. The van der Waals surface area contributed by atoms with Gasteiger partial charge in [-0.1, -0.05) is 0 Å². The Morgan fingerprint density at radius 2 is 2.50 bits per heavy atom. The van der Waals surface area contributed by atoms with Crippen LogP contribution in [-0.2, 0) is 14.3 Å². The molecule has 0 spiro atoms. The monoisotopic (exact) mass is 170 g/mol. The Balaban J connectivity index is 1.96. The molecule has 4 rings (SSSR count). The van der Waals surface area contributed by atoms with Gasteiger partial charge >= 0.3 is 5.97 Å². The number of ether oxygens (including phenoxy) is 2. The molecule has 0 radical (unpaired) electrons. The van der Waals surface area contributed by atoms with Crippen molar-refractivity contribution in [1.29, 1.82) is 0 Å². The van der Waals surface area contributed by atoms with E-state index in [0.717, 1.165) is 0 Å². The molecule has 2 aliphatic carbocycles. The summed E-state index contributed by atoms with van der Waals surface area (Å²) in [6, 6.07) is 0. The molecule has 4 nitrogen and oxygen atoms in total. The highest BCUT2D eigenvalue weighted by Gasteiger charge is 2.85. The van der Waals surface area contributed by atoms with Crippen molar-refractivity contribution in [2.45, 2.75) is 24.7 Å². The quantitative estimate of drug-likeness (QED) is 0.529. The van der Waals surface area contributed by atoms with Crippen molar-refractivity contribution in [3.63, 3.8) is 0 Å². The van der Waals surface area contributed by atoms with E-state index in [4.69, 9.17) is 9.47 Å². The number of aliphatic hydroxyl groups is 1. The molecule has 0 amide bonds. The molecule has 1 N–H and O–H groups in total. The number of methoxy groups -OCH3 is 1. The highest BCUT2D eigenvalue weighted by atomic mass is 16.6. The molecule has 0 aromatic heterocycles. The van der Waals surface area contributed by atoms with E-state index in [9.17, 15) is 9.90 Å². The number of rotatable bonds is 1. The van der Waals surface area contributed by atoms with Crippen LogP contribution < -0.4 is 0 Å². The summed E-state index contributed by atoms with van der Waals surface area (Å²) in [5.41, 5.74) is -0.459. The molecular weight excluding hydrogens is 160 g/mol. The van der Waals surface area contributed by atoms with E-state index in [0.29, 0.717) is 6.42 Å². The van der Waals surface area contributed by atoms with Gasteiger partial charge in [-0.15, -0.1) is 0 Å². The molecule has 5 atom stereocenters. The molecule has 2 heterocycles. The minimum atomic E-state index is -0.459. The van der Waals surface area contributed by atoms with E-state index in [1.807, 2.05) is 0 Å². The Hall–Kier alpha value is -0.610. The van der Waals surface area contributed by atoms with Crippen molar-refractivity contribution in [3.05, 3.63) is 0 Å². The van der Waals surface area contributed by atoms with Crippen molar-refractivity contribution in [2.75, 3.05) is 7.11 Å². The van der Waals surface area contributed by atoms with Crippen LogP contribution in [-0.4, -0.2) is 36.5 Å². The summed E-state index contributed by atoms with van der Waals surface area (Å²) in [7, 11) is 1.38. The maximum absolute atomic E-state index is 11.3. The first-order valence-electron chi connectivity index (χ1n) is 4.14. The third-order valence-electron chi connectivity index (χ3n) is 3.49. The van der Waals surface area contributed by atoms with Gasteiger partial charge in [0.25, 0.3) is 0 Å². The molecular formula is C8H10O4. The number of carbonyl (C=O) groups excluding carboxylic acids is 1.